The van der Waals surface area contributed by atoms with E-state index in [4.69, 9.17) is 0 Å². The van der Waals surface area contributed by atoms with Crippen LogP contribution in [0.2, 0.25) is 0 Å². The second kappa shape index (κ2) is 2.99. The molecule has 1 N–H and O–H groups in total. The van der Waals surface area contributed by atoms with Crippen molar-refractivity contribution < 1.29 is 5.11 Å². The molecule has 0 saturated heterocycles. The minimum Gasteiger partial charge on any atom is -0.388 e. The highest BCUT2D eigenvalue weighted by molar-refractivity contribution is 5.59. The highest BCUT2D eigenvalue weighted by Gasteiger charge is 2.45. The summed E-state index contributed by atoms with van der Waals surface area (Å²) in [6.07, 6.45) is 3.19. The molecule has 0 unspecified atom stereocenters. The molecule has 2 atom stereocenters. The van der Waals surface area contributed by atoms with Crippen LogP contribution in [-0.4, -0.2) is 23.3 Å². The third-order valence-corrected chi connectivity index (χ3v) is 3.94. The molecule has 0 spiro atoms. The molecule has 15 heavy (non-hydrogen) atoms. The molecule has 2 heteroatoms. The van der Waals surface area contributed by atoms with Gasteiger partial charge in [-0.3, -0.25) is 0 Å². The molecular formula is C13H17NO. The number of rotatable bonds is 1. The minimum atomic E-state index is -0.475. The Labute approximate surface area is 90.5 Å². The number of anilines is 1. The Morgan fingerprint density at radius 2 is 2.20 bits per heavy atom. The van der Waals surface area contributed by atoms with E-state index >= 15 is 0 Å². The first-order valence-corrected chi connectivity index (χ1v) is 5.75. The largest absolute Gasteiger partial charge is 0.388 e. The van der Waals surface area contributed by atoms with E-state index in [1.54, 1.807) is 0 Å². The predicted octanol–water partition coefficient (Wildman–Crippen LogP) is 1.96. The third kappa shape index (κ3) is 1.28. The van der Waals surface area contributed by atoms with E-state index in [9.17, 15) is 5.11 Å². The molecule has 2 nitrogen and oxygen atoms in total. The van der Waals surface area contributed by atoms with Crippen molar-refractivity contribution in [3.05, 3.63) is 29.8 Å². The number of fused-ring (bicyclic) bond motifs is 1. The van der Waals surface area contributed by atoms with Crippen LogP contribution in [0.15, 0.2) is 24.3 Å². The van der Waals surface area contributed by atoms with Crippen molar-refractivity contribution in [1.82, 2.24) is 0 Å². The fraction of sp³-hybridized carbons (Fsp3) is 0.538. The van der Waals surface area contributed by atoms with Crippen LogP contribution in [0.5, 0.6) is 0 Å². The van der Waals surface area contributed by atoms with E-state index in [1.165, 1.54) is 11.3 Å². The Hall–Kier alpha value is -1.02. The number of hydrogen-bond acceptors (Lipinski definition) is 2. The smallest absolute Gasteiger partial charge is 0.0822 e. The minimum absolute atomic E-state index is 0.334. The maximum Gasteiger partial charge on any atom is 0.0822 e. The Morgan fingerprint density at radius 3 is 2.87 bits per heavy atom. The first-order valence-electron chi connectivity index (χ1n) is 5.75. The van der Waals surface area contributed by atoms with Gasteiger partial charge in [-0.2, -0.15) is 0 Å². The fourth-order valence-corrected chi connectivity index (χ4v) is 2.87. The Balaban J connectivity index is 1.91. The predicted molar refractivity (Wildman–Crippen MR) is 61.1 cm³/mol. The van der Waals surface area contributed by atoms with Gasteiger partial charge in [0.2, 0.25) is 0 Å². The number of nitrogens with zero attached hydrogens (tertiary/aromatic N) is 1. The number of hydrogen-bond donors (Lipinski definition) is 1. The van der Waals surface area contributed by atoms with Crippen molar-refractivity contribution in [2.45, 2.75) is 37.8 Å². The summed E-state index contributed by atoms with van der Waals surface area (Å²) in [6.45, 7) is 3.03. The van der Waals surface area contributed by atoms with Gasteiger partial charge in [0.15, 0.2) is 0 Å². The third-order valence-electron chi connectivity index (χ3n) is 3.94. The molecule has 80 valence electrons. The van der Waals surface area contributed by atoms with Crippen LogP contribution < -0.4 is 4.90 Å². The molecule has 2 aliphatic rings. The lowest BCUT2D eigenvalue weighted by Crippen LogP contribution is -2.58. The standard InChI is InChI=1S/C13H17NO/c1-13(15)8-6-12(13)14-9-7-10-4-2-3-5-11(10)14/h2-5,12,15H,6-9H2,1H3/t12-,13-/m0/s1. The zero-order valence-corrected chi connectivity index (χ0v) is 9.11. The molecule has 1 saturated carbocycles. The maximum atomic E-state index is 10.1. The summed E-state index contributed by atoms with van der Waals surface area (Å²) in [7, 11) is 0. The average Bonchev–Trinajstić information content (AvgIpc) is 2.61. The number of para-hydroxylation sites is 1. The van der Waals surface area contributed by atoms with Crippen molar-refractivity contribution in [3.63, 3.8) is 0 Å². The van der Waals surface area contributed by atoms with Crippen LogP contribution >= 0.6 is 0 Å². The van der Waals surface area contributed by atoms with Crippen molar-refractivity contribution in [3.8, 4) is 0 Å². The fourth-order valence-electron chi connectivity index (χ4n) is 2.87. The van der Waals surface area contributed by atoms with Crippen molar-refractivity contribution in [2.75, 3.05) is 11.4 Å². The van der Waals surface area contributed by atoms with Gasteiger partial charge in [0, 0.05) is 12.2 Å². The molecule has 0 bridgehead atoms. The van der Waals surface area contributed by atoms with E-state index in [2.05, 4.69) is 29.2 Å². The maximum absolute atomic E-state index is 10.1. The van der Waals surface area contributed by atoms with Gasteiger partial charge in [0.25, 0.3) is 0 Å². The molecule has 1 heterocycles. The Morgan fingerprint density at radius 1 is 1.40 bits per heavy atom. The lowest BCUT2D eigenvalue weighted by atomic mass is 9.75. The van der Waals surface area contributed by atoms with E-state index in [-0.39, 0.29) is 0 Å². The van der Waals surface area contributed by atoms with E-state index in [0.29, 0.717) is 6.04 Å². The normalized spacial score (nSPS) is 33.7. The average molecular weight is 203 g/mol. The van der Waals surface area contributed by atoms with E-state index in [1.807, 2.05) is 6.92 Å². The van der Waals surface area contributed by atoms with Gasteiger partial charge in [-0.1, -0.05) is 18.2 Å². The second-order valence-corrected chi connectivity index (χ2v) is 4.98. The second-order valence-electron chi connectivity index (χ2n) is 4.98. The van der Waals surface area contributed by atoms with Gasteiger partial charge in [-0.15, -0.1) is 0 Å². The number of aliphatic hydroxyl groups is 1. The molecule has 0 aromatic heterocycles. The van der Waals surface area contributed by atoms with Gasteiger partial charge in [0.1, 0.15) is 0 Å². The molecular weight excluding hydrogens is 186 g/mol. The Kier molecular flexibility index (Phi) is 1.84. The molecule has 0 radical (unpaired) electrons. The van der Waals surface area contributed by atoms with Gasteiger partial charge >= 0.3 is 0 Å². The van der Waals surface area contributed by atoms with Gasteiger partial charge < -0.3 is 10.0 Å². The highest BCUT2D eigenvalue weighted by atomic mass is 16.3. The molecule has 3 rings (SSSR count). The number of benzene rings is 1. The van der Waals surface area contributed by atoms with Gasteiger partial charge in [-0.05, 0) is 37.8 Å². The van der Waals surface area contributed by atoms with Crippen molar-refractivity contribution >= 4 is 5.69 Å². The van der Waals surface area contributed by atoms with Crippen LogP contribution in [0.3, 0.4) is 0 Å². The van der Waals surface area contributed by atoms with Crippen LogP contribution in [-0.2, 0) is 6.42 Å². The SMILES string of the molecule is C[C@]1(O)CC[C@@H]1N1CCc2ccccc21. The zero-order chi connectivity index (χ0) is 10.5. The monoisotopic (exact) mass is 203 g/mol. The molecule has 1 aliphatic heterocycles. The summed E-state index contributed by atoms with van der Waals surface area (Å²) in [5, 5.41) is 10.1. The Bertz CT molecular complexity index is 386. The quantitative estimate of drug-likeness (QED) is 0.754. The first-order chi connectivity index (χ1) is 7.18. The zero-order valence-electron chi connectivity index (χ0n) is 9.11. The highest BCUT2D eigenvalue weighted by Crippen LogP contribution is 2.41. The lowest BCUT2D eigenvalue weighted by Gasteiger charge is -2.48. The molecule has 1 aliphatic carbocycles. The van der Waals surface area contributed by atoms with Gasteiger partial charge in [-0.25, -0.2) is 0 Å². The van der Waals surface area contributed by atoms with Crippen LogP contribution in [0.25, 0.3) is 0 Å². The molecule has 0 amide bonds. The first kappa shape index (κ1) is 9.22. The van der Waals surface area contributed by atoms with Crippen LogP contribution in [0.1, 0.15) is 25.3 Å². The topological polar surface area (TPSA) is 23.5 Å². The van der Waals surface area contributed by atoms with E-state index < -0.39 is 5.60 Å². The summed E-state index contributed by atoms with van der Waals surface area (Å²) < 4.78 is 0. The summed E-state index contributed by atoms with van der Waals surface area (Å²) >= 11 is 0. The van der Waals surface area contributed by atoms with Crippen LogP contribution in [0.4, 0.5) is 5.69 Å². The summed E-state index contributed by atoms with van der Waals surface area (Å²) in [6, 6.07) is 8.90. The lowest BCUT2D eigenvalue weighted by molar-refractivity contribution is -0.0393. The summed E-state index contributed by atoms with van der Waals surface area (Å²) in [4.78, 5) is 2.39. The molecule has 1 aromatic rings. The van der Waals surface area contributed by atoms with Crippen LogP contribution in [0, 0.1) is 0 Å². The van der Waals surface area contributed by atoms with Crippen molar-refractivity contribution in [1.29, 1.82) is 0 Å². The summed E-state index contributed by atoms with van der Waals surface area (Å²) in [5.74, 6) is 0. The van der Waals surface area contributed by atoms with Crippen molar-refractivity contribution in [2.24, 2.45) is 0 Å². The van der Waals surface area contributed by atoms with E-state index in [0.717, 1.165) is 25.8 Å². The molecule has 1 aromatic carbocycles. The van der Waals surface area contributed by atoms with Gasteiger partial charge in [0.05, 0.1) is 11.6 Å². The molecule has 1 fully saturated rings. The summed E-state index contributed by atoms with van der Waals surface area (Å²) in [5.41, 5.74) is 2.29.